The van der Waals surface area contributed by atoms with E-state index >= 15 is 0 Å². The number of thioether (sulfide) groups is 1. The maximum absolute atomic E-state index is 5.93. The Bertz CT molecular complexity index is 809. The number of rotatable bonds is 4. The number of aromatic amines is 1. The van der Waals surface area contributed by atoms with E-state index in [4.69, 9.17) is 23.8 Å². The summed E-state index contributed by atoms with van der Waals surface area (Å²) in [5.74, 6) is 0.899. The third-order valence-electron chi connectivity index (χ3n) is 3.20. The number of H-pyrrole nitrogens is 1. The number of hydrogen-bond donors (Lipinski definition) is 1. The van der Waals surface area contributed by atoms with Gasteiger partial charge in [-0.3, -0.25) is 9.67 Å². The van der Waals surface area contributed by atoms with Crippen LogP contribution in [-0.2, 0) is 0 Å². The van der Waals surface area contributed by atoms with Crippen molar-refractivity contribution < 1.29 is 0 Å². The molecule has 0 radical (unpaired) electrons. The zero-order valence-corrected chi connectivity index (χ0v) is 14.3. The minimum absolute atomic E-state index is 0.148. The molecule has 1 heterocycles. The zero-order valence-electron chi connectivity index (χ0n) is 11.9. The van der Waals surface area contributed by atoms with Crippen molar-refractivity contribution in [2.75, 3.05) is 0 Å². The molecule has 1 N–H and O–H groups in total. The lowest BCUT2D eigenvalue weighted by atomic mass is 10.3. The highest BCUT2D eigenvalue weighted by Gasteiger charge is 2.16. The average Bonchev–Trinajstić information content (AvgIpc) is 2.92. The molecule has 6 heteroatoms. The first-order valence-corrected chi connectivity index (χ1v) is 8.46. The topological polar surface area (TPSA) is 33.6 Å². The van der Waals surface area contributed by atoms with E-state index in [1.165, 1.54) is 0 Å². The highest BCUT2D eigenvalue weighted by atomic mass is 35.5. The summed E-state index contributed by atoms with van der Waals surface area (Å²) in [4.78, 5) is 1.14. The molecule has 0 saturated heterocycles. The molecule has 1 aromatic heterocycles. The van der Waals surface area contributed by atoms with Gasteiger partial charge in [0, 0.05) is 15.6 Å². The molecule has 0 fully saturated rings. The highest BCUT2D eigenvalue weighted by Crippen LogP contribution is 2.35. The van der Waals surface area contributed by atoms with Gasteiger partial charge in [-0.05, 0) is 55.5 Å². The van der Waals surface area contributed by atoms with Crippen LogP contribution in [0.5, 0.6) is 0 Å². The lowest BCUT2D eigenvalue weighted by molar-refractivity contribution is 0.864. The third-order valence-corrected chi connectivity index (χ3v) is 4.84. The molecule has 3 rings (SSSR count). The van der Waals surface area contributed by atoms with Crippen LogP contribution in [0.2, 0.25) is 5.02 Å². The number of aromatic nitrogens is 3. The minimum Gasteiger partial charge on any atom is -0.271 e. The minimum atomic E-state index is 0.148. The Balaban J connectivity index is 1.92. The fourth-order valence-electron chi connectivity index (χ4n) is 2.18. The van der Waals surface area contributed by atoms with Gasteiger partial charge in [0.2, 0.25) is 0 Å². The molecule has 1 atom stereocenters. The van der Waals surface area contributed by atoms with Crippen molar-refractivity contribution in [1.82, 2.24) is 14.8 Å². The first-order chi connectivity index (χ1) is 10.6. The van der Waals surface area contributed by atoms with Crippen molar-refractivity contribution >= 4 is 35.6 Å². The molecule has 112 valence electrons. The second-order valence-corrected chi connectivity index (χ2v) is 7.01. The second kappa shape index (κ2) is 6.69. The number of nitrogens with one attached hydrogen (secondary N) is 1. The molecule has 3 aromatic rings. The van der Waals surface area contributed by atoms with Gasteiger partial charge in [0.05, 0.1) is 5.25 Å². The molecule has 2 aromatic carbocycles. The Morgan fingerprint density at radius 3 is 2.50 bits per heavy atom. The van der Waals surface area contributed by atoms with E-state index < -0.39 is 0 Å². The summed E-state index contributed by atoms with van der Waals surface area (Å²) < 4.78 is 2.58. The standard InChI is InChI=1S/C16H14ClN3S2/c1-11(22-14-9-7-12(17)8-10-14)15-18-19-16(21)20(15)13-5-3-2-4-6-13/h2-11H,1H3,(H,19,21). The largest absolute Gasteiger partial charge is 0.271 e. The normalized spacial score (nSPS) is 12.3. The Morgan fingerprint density at radius 1 is 1.14 bits per heavy atom. The molecular formula is C16H14ClN3S2. The number of hydrogen-bond acceptors (Lipinski definition) is 3. The van der Waals surface area contributed by atoms with Crippen molar-refractivity contribution in [2.24, 2.45) is 0 Å². The molecule has 3 nitrogen and oxygen atoms in total. The summed E-state index contributed by atoms with van der Waals surface area (Å²) in [6.45, 7) is 2.11. The maximum Gasteiger partial charge on any atom is 0.199 e. The van der Waals surface area contributed by atoms with Crippen LogP contribution in [0, 0.1) is 4.77 Å². The van der Waals surface area contributed by atoms with Crippen molar-refractivity contribution in [3.8, 4) is 5.69 Å². The molecule has 1 unspecified atom stereocenters. The van der Waals surface area contributed by atoms with Crippen LogP contribution in [0.3, 0.4) is 0 Å². The Kier molecular flexibility index (Phi) is 4.66. The molecule has 0 bridgehead atoms. The smallest absolute Gasteiger partial charge is 0.199 e. The van der Waals surface area contributed by atoms with Crippen LogP contribution >= 0.6 is 35.6 Å². The van der Waals surface area contributed by atoms with Crippen molar-refractivity contribution in [1.29, 1.82) is 0 Å². The summed E-state index contributed by atoms with van der Waals surface area (Å²) in [6.07, 6.45) is 0. The van der Waals surface area contributed by atoms with Crippen LogP contribution < -0.4 is 0 Å². The lowest BCUT2D eigenvalue weighted by Gasteiger charge is -2.13. The van der Waals surface area contributed by atoms with Gasteiger partial charge in [0.1, 0.15) is 5.82 Å². The first kappa shape index (κ1) is 15.3. The summed E-state index contributed by atoms with van der Waals surface area (Å²) in [7, 11) is 0. The Hall–Kier alpha value is -1.56. The molecule has 0 amide bonds. The number of halogens is 1. The van der Waals surface area contributed by atoms with Gasteiger partial charge in [0.15, 0.2) is 4.77 Å². The monoisotopic (exact) mass is 347 g/mol. The summed E-state index contributed by atoms with van der Waals surface area (Å²) >= 11 is 13.0. The fraction of sp³-hybridized carbons (Fsp3) is 0.125. The van der Waals surface area contributed by atoms with Gasteiger partial charge < -0.3 is 0 Å². The molecule has 0 spiro atoms. The molecule has 0 saturated carbocycles. The Morgan fingerprint density at radius 2 is 1.82 bits per heavy atom. The molecule has 22 heavy (non-hydrogen) atoms. The van der Waals surface area contributed by atoms with Crippen LogP contribution in [0.25, 0.3) is 5.69 Å². The van der Waals surface area contributed by atoms with E-state index in [2.05, 4.69) is 17.1 Å². The predicted octanol–water partition coefficient (Wildman–Crippen LogP) is 5.44. The van der Waals surface area contributed by atoms with Crippen LogP contribution in [0.15, 0.2) is 59.5 Å². The van der Waals surface area contributed by atoms with Gasteiger partial charge in [-0.2, -0.15) is 5.10 Å². The van der Waals surface area contributed by atoms with E-state index in [1.54, 1.807) is 11.8 Å². The van der Waals surface area contributed by atoms with Gasteiger partial charge in [-0.25, -0.2) is 0 Å². The van der Waals surface area contributed by atoms with E-state index in [0.717, 1.165) is 21.4 Å². The Labute approximate surface area is 143 Å². The van der Waals surface area contributed by atoms with E-state index in [1.807, 2.05) is 59.2 Å². The van der Waals surface area contributed by atoms with Crippen molar-refractivity contribution in [3.63, 3.8) is 0 Å². The number of benzene rings is 2. The molecule has 0 aliphatic carbocycles. The molecule has 0 aliphatic heterocycles. The SMILES string of the molecule is CC(Sc1ccc(Cl)cc1)c1n[nH]c(=S)n1-c1ccccc1. The quantitative estimate of drug-likeness (QED) is 0.504. The van der Waals surface area contributed by atoms with E-state index in [0.29, 0.717) is 4.77 Å². The van der Waals surface area contributed by atoms with Gasteiger partial charge in [-0.15, -0.1) is 11.8 Å². The lowest BCUT2D eigenvalue weighted by Crippen LogP contribution is -2.03. The third kappa shape index (κ3) is 3.27. The predicted molar refractivity (Wildman–Crippen MR) is 94.5 cm³/mol. The van der Waals surface area contributed by atoms with Crippen LogP contribution in [-0.4, -0.2) is 14.8 Å². The fourth-order valence-corrected chi connectivity index (χ4v) is 3.51. The highest BCUT2D eigenvalue weighted by molar-refractivity contribution is 7.99. The van der Waals surface area contributed by atoms with Gasteiger partial charge in [-0.1, -0.05) is 29.8 Å². The summed E-state index contributed by atoms with van der Waals surface area (Å²) in [5.41, 5.74) is 1.01. The van der Waals surface area contributed by atoms with Crippen molar-refractivity contribution in [2.45, 2.75) is 17.1 Å². The average molecular weight is 348 g/mol. The van der Waals surface area contributed by atoms with Crippen LogP contribution in [0.1, 0.15) is 18.0 Å². The van der Waals surface area contributed by atoms with Crippen LogP contribution in [0.4, 0.5) is 0 Å². The van der Waals surface area contributed by atoms with E-state index in [-0.39, 0.29) is 5.25 Å². The maximum atomic E-state index is 5.93. The first-order valence-electron chi connectivity index (χ1n) is 6.80. The molecular weight excluding hydrogens is 334 g/mol. The van der Waals surface area contributed by atoms with E-state index in [9.17, 15) is 0 Å². The second-order valence-electron chi connectivity index (χ2n) is 4.77. The number of nitrogens with zero attached hydrogens (tertiary/aromatic N) is 2. The summed E-state index contributed by atoms with van der Waals surface area (Å²) in [5, 5.41) is 8.18. The zero-order chi connectivity index (χ0) is 15.5. The van der Waals surface area contributed by atoms with Crippen molar-refractivity contribution in [3.05, 3.63) is 70.2 Å². The van der Waals surface area contributed by atoms with Gasteiger partial charge >= 0.3 is 0 Å². The number of para-hydroxylation sites is 1. The summed E-state index contributed by atoms with van der Waals surface area (Å²) in [6, 6.07) is 17.8. The van der Waals surface area contributed by atoms with Gasteiger partial charge in [0.25, 0.3) is 0 Å². The molecule has 0 aliphatic rings.